The third kappa shape index (κ3) is 2.91. The number of nitrogen functional groups attached to an aromatic ring is 1. The van der Waals surface area contributed by atoms with Crippen molar-refractivity contribution in [3.05, 3.63) is 50.4 Å². The molecule has 0 aliphatic rings. The normalized spacial score (nSPS) is 10.4. The van der Waals surface area contributed by atoms with E-state index in [2.05, 4.69) is 21.2 Å². The van der Waals surface area contributed by atoms with Crippen LogP contribution < -0.4 is 11.1 Å². The molecule has 0 atom stereocenters. The third-order valence-electron chi connectivity index (χ3n) is 2.54. The number of hydrogen-bond acceptors (Lipinski definition) is 2. The summed E-state index contributed by atoms with van der Waals surface area (Å²) in [5.41, 5.74) is 9.15. The number of halogens is 3. The topological polar surface area (TPSA) is 38.0 Å². The van der Waals surface area contributed by atoms with Crippen molar-refractivity contribution in [1.29, 1.82) is 0 Å². The van der Waals surface area contributed by atoms with Gasteiger partial charge >= 0.3 is 0 Å². The van der Waals surface area contributed by atoms with Crippen molar-refractivity contribution >= 4 is 56.2 Å². The van der Waals surface area contributed by atoms with E-state index in [1.165, 1.54) is 0 Å². The Bertz CT molecular complexity index is 600. The molecule has 0 heterocycles. The molecule has 18 heavy (non-hydrogen) atoms. The molecule has 0 fully saturated rings. The summed E-state index contributed by atoms with van der Waals surface area (Å²) in [5, 5.41) is 4.45. The van der Waals surface area contributed by atoms with Crippen LogP contribution in [0.4, 0.5) is 17.1 Å². The SMILES string of the molecule is Cc1cc(N)c(Cl)cc1Nc1ccc(Br)c(Cl)c1. The lowest BCUT2D eigenvalue weighted by molar-refractivity contribution is 1.43. The second kappa shape index (κ2) is 5.39. The van der Waals surface area contributed by atoms with Gasteiger partial charge in [0.2, 0.25) is 0 Å². The van der Waals surface area contributed by atoms with Gasteiger partial charge in [0.1, 0.15) is 0 Å². The third-order valence-corrected chi connectivity index (χ3v) is 4.10. The molecule has 0 bridgehead atoms. The first-order chi connectivity index (χ1) is 8.47. The number of hydrogen-bond donors (Lipinski definition) is 2. The van der Waals surface area contributed by atoms with Crippen LogP contribution in [0.25, 0.3) is 0 Å². The molecule has 0 amide bonds. The molecule has 0 aliphatic heterocycles. The number of aryl methyl sites for hydroxylation is 1. The minimum absolute atomic E-state index is 0.534. The summed E-state index contributed by atoms with van der Waals surface area (Å²) in [5.74, 6) is 0. The zero-order chi connectivity index (χ0) is 13.3. The molecule has 2 aromatic rings. The van der Waals surface area contributed by atoms with Crippen molar-refractivity contribution < 1.29 is 0 Å². The van der Waals surface area contributed by atoms with Crippen LogP contribution in [0.5, 0.6) is 0 Å². The smallest absolute Gasteiger partial charge is 0.0656 e. The van der Waals surface area contributed by atoms with E-state index in [1.54, 1.807) is 0 Å². The Hall–Kier alpha value is -0.900. The van der Waals surface area contributed by atoms with E-state index < -0.39 is 0 Å². The highest BCUT2D eigenvalue weighted by atomic mass is 79.9. The van der Waals surface area contributed by atoms with Gasteiger partial charge in [0, 0.05) is 15.8 Å². The fourth-order valence-electron chi connectivity index (χ4n) is 1.57. The number of rotatable bonds is 2. The molecule has 0 saturated carbocycles. The first-order valence-corrected chi connectivity index (χ1v) is 6.80. The highest BCUT2D eigenvalue weighted by Gasteiger charge is 2.05. The Balaban J connectivity index is 2.34. The summed E-state index contributed by atoms with van der Waals surface area (Å²) in [6.45, 7) is 1.97. The highest BCUT2D eigenvalue weighted by molar-refractivity contribution is 9.10. The fraction of sp³-hybridized carbons (Fsp3) is 0.0769. The van der Waals surface area contributed by atoms with E-state index in [-0.39, 0.29) is 0 Å². The van der Waals surface area contributed by atoms with E-state index in [4.69, 9.17) is 28.9 Å². The van der Waals surface area contributed by atoms with Gasteiger partial charge in [0.05, 0.1) is 15.7 Å². The summed E-state index contributed by atoms with van der Waals surface area (Å²) in [6, 6.07) is 9.31. The molecule has 3 N–H and O–H groups in total. The van der Waals surface area contributed by atoms with Gasteiger partial charge < -0.3 is 11.1 Å². The Kier molecular flexibility index (Phi) is 4.05. The predicted octanol–water partition coefficient (Wildman–Crippen LogP) is 5.39. The molecular weight excluding hydrogens is 335 g/mol. The summed E-state index contributed by atoms with van der Waals surface area (Å²) < 4.78 is 0.863. The van der Waals surface area contributed by atoms with E-state index >= 15 is 0 Å². The van der Waals surface area contributed by atoms with Crippen LogP contribution in [0.1, 0.15) is 5.56 Å². The number of anilines is 3. The van der Waals surface area contributed by atoms with Gasteiger partial charge in [-0.3, -0.25) is 0 Å². The maximum Gasteiger partial charge on any atom is 0.0656 e. The minimum atomic E-state index is 0.534. The van der Waals surface area contributed by atoms with Crippen LogP contribution in [-0.4, -0.2) is 0 Å². The molecule has 2 aromatic carbocycles. The van der Waals surface area contributed by atoms with Gasteiger partial charge in [-0.25, -0.2) is 0 Å². The summed E-state index contributed by atoms with van der Waals surface area (Å²) >= 11 is 15.4. The highest BCUT2D eigenvalue weighted by Crippen LogP contribution is 2.31. The molecule has 0 radical (unpaired) electrons. The van der Waals surface area contributed by atoms with Crippen LogP contribution in [0, 0.1) is 6.92 Å². The van der Waals surface area contributed by atoms with Gasteiger partial charge in [0.15, 0.2) is 0 Å². The predicted molar refractivity (Wildman–Crippen MR) is 83.0 cm³/mol. The standard InChI is InChI=1S/C13H11BrCl2N2/c1-7-4-12(17)11(16)6-13(7)18-8-2-3-9(14)10(15)5-8/h2-6,18H,17H2,1H3. The molecule has 0 saturated heterocycles. The minimum Gasteiger partial charge on any atom is -0.398 e. The largest absolute Gasteiger partial charge is 0.398 e. The molecule has 2 rings (SSSR count). The van der Waals surface area contributed by atoms with E-state index in [1.807, 2.05) is 37.3 Å². The average molecular weight is 346 g/mol. The zero-order valence-corrected chi connectivity index (χ0v) is 12.7. The molecule has 0 aliphatic carbocycles. The first kappa shape index (κ1) is 13.5. The monoisotopic (exact) mass is 344 g/mol. The molecule has 0 spiro atoms. The average Bonchev–Trinajstić information content (AvgIpc) is 2.31. The van der Waals surface area contributed by atoms with Crippen molar-refractivity contribution in [3.63, 3.8) is 0 Å². The maximum absolute atomic E-state index is 6.04. The van der Waals surface area contributed by atoms with Crippen LogP contribution in [0.15, 0.2) is 34.8 Å². The maximum atomic E-state index is 6.04. The van der Waals surface area contributed by atoms with Crippen molar-refractivity contribution in [2.75, 3.05) is 11.1 Å². The lowest BCUT2D eigenvalue weighted by Crippen LogP contribution is -1.96. The molecule has 94 valence electrons. The van der Waals surface area contributed by atoms with Gasteiger partial charge in [-0.15, -0.1) is 0 Å². The van der Waals surface area contributed by atoms with Crippen LogP contribution in [0.2, 0.25) is 10.0 Å². The summed E-state index contributed by atoms with van der Waals surface area (Å²) in [6.07, 6.45) is 0. The fourth-order valence-corrected chi connectivity index (χ4v) is 2.16. The number of nitrogens with two attached hydrogens (primary N) is 1. The van der Waals surface area contributed by atoms with Crippen molar-refractivity contribution in [3.8, 4) is 0 Å². The summed E-state index contributed by atoms with van der Waals surface area (Å²) in [7, 11) is 0. The van der Waals surface area contributed by atoms with Crippen LogP contribution in [0.3, 0.4) is 0 Å². The second-order valence-corrected chi connectivity index (χ2v) is 5.61. The molecule has 2 nitrogen and oxygen atoms in total. The molecule has 0 aromatic heterocycles. The van der Waals surface area contributed by atoms with Gasteiger partial charge in [-0.2, -0.15) is 0 Å². The Morgan fingerprint density at radius 2 is 1.83 bits per heavy atom. The van der Waals surface area contributed by atoms with Gasteiger partial charge in [-0.05, 0) is 58.7 Å². The van der Waals surface area contributed by atoms with E-state index in [0.717, 1.165) is 21.4 Å². The molecule has 5 heteroatoms. The number of benzene rings is 2. The Morgan fingerprint density at radius 3 is 2.50 bits per heavy atom. The van der Waals surface area contributed by atoms with E-state index in [9.17, 15) is 0 Å². The van der Waals surface area contributed by atoms with Crippen LogP contribution in [-0.2, 0) is 0 Å². The second-order valence-electron chi connectivity index (χ2n) is 3.94. The quantitative estimate of drug-likeness (QED) is 0.716. The molecule has 0 unspecified atom stereocenters. The Morgan fingerprint density at radius 1 is 1.11 bits per heavy atom. The molecular formula is C13H11BrCl2N2. The van der Waals surface area contributed by atoms with E-state index in [0.29, 0.717) is 15.7 Å². The van der Waals surface area contributed by atoms with Crippen molar-refractivity contribution in [1.82, 2.24) is 0 Å². The first-order valence-electron chi connectivity index (χ1n) is 5.25. The van der Waals surface area contributed by atoms with Crippen LogP contribution >= 0.6 is 39.1 Å². The van der Waals surface area contributed by atoms with Gasteiger partial charge in [0.25, 0.3) is 0 Å². The van der Waals surface area contributed by atoms with Crippen molar-refractivity contribution in [2.24, 2.45) is 0 Å². The Labute approximate surface area is 124 Å². The van der Waals surface area contributed by atoms with Crippen molar-refractivity contribution in [2.45, 2.75) is 6.92 Å². The lowest BCUT2D eigenvalue weighted by Gasteiger charge is -2.12. The zero-order valence-electron chi connectivity index (χ0n) is 9.60. The summed E-state index contributed by atoms with van der Waals surface area (Å²) in [4.78, 5) is 0. The van der Waals surface area contributed by atoms with Gasteiger partial charge in [-0.1, -0.05) is 23.2 Å². The lowest BCUT2D eigenvalue weighted by atomic mass is 10.1. The number of nitrogens with one attached hydrogen (secondary N) is 1.